The lowest BCUT2D eigenvalue weighted by atomic mass is 9.55. The SMILES string of the molecule is C=CCOC(=O)NC1(C(=O)O)C2CC1CN(Cc1ccccc1)C2. The van der Waals surface area contributed by atoms with Crippen LogP contribution in [0.4, 0.5) is 4.79 Å². The number of ether oxygens (including phenoxy) is 1. The van der Waals surface area contributed by atoms with Gasteiger partial charge in [-0.2, -0.15) is 0 Å². The van der Waals surface area contributed by atoms with Crippen molar-refractivity contribution in [1.82, 2.24) is 10.2 Å². The van der Waals surface area contributed by atoms with Crippen LogP contribution in [0.5, 0.6) is 0 Å². The number of benzene rings is 1. The Bertz CT molecular complexity index is 619. The standard InChI is InChI=1S/C18H22N2O4/c1-2-8-24-17(23)19-18(16(21)22)14-9-15(18)12-20(11-14)10-13-6-4-3-5-7-13/h2-7,14-15H,1,8-12H2,(H,19,23)(H,21,22). The van der Waals surface area contributed by atoms with Crippen molar-refractivity contribution in [2.45, 2.75) is 18.5 Å². The molecular weight excluding hydrogens is 308 g/mol. The van der Waals surface area contributed by atoms with Gasteiger partial charge >= 0.3 is 12.1 Å². The number of hydrogen-bond donors (Lipinski definition) is 2. The number of piperidine rings is 2. The van der Waals surface area contributed by atoms with Crippen molar-refractivity contribution in [3.63, 3.8) is 0 Å². The van der Waals surface area contributed by atoms with Crippen molar-refractivity contribution in [1.29, 1.82) is 0 Å². The lowest BCUT2D eigenvalue weighted by molar-refractivity contribution is -0.169. The number of rotatable bonds is 6. The van der Waals surface area contributed by atoms with E-state index in [1.54, 1.807) is 0 Å². The van der Waals surface area contributed by atoms with Gasteiger partial charge in [0, 0.05) is 31.5 Å². The minimum atomic E-state index is -1.20. The lowest BCUT2D eigenvalue weighted by Gasteiger charge is -2.59. The summed E-state index contributed by atoms with van der Waals surface area (Å²) >= 11 is 0. The van der Waals surface area contributed by atoms with Gasteiger partial charge in [-0.15, -0.1) is 0 Å². The van der Waals surface area contributed by atoms with E-state index >= 15 is 0 Å². The maximum Gasteiger partial charge on any atom is 0.408 e. The second-order valence-electron chi connectivity index (χ2n) is 6.50. The Morgan fingerprint density at radius 1 is 1.33 bits per heavy atom. The van der Waals surface area contributed by atoms with Crippen LogP contribution in [-0.4, -0.2) is 47.3 Å². The van der Waals surface area contributed by atoms with Gasteiger partial charge in [-0.1, -0.05) is 43.0 Å². The van der Waals surface area contributed by atoms with E-state index in [-0.39, 0.29) is 18.4 Å². The highest BCUT2D eigenvalue weighted by atomic mass is 16.5. The molecule has 24 heavy (non-hydrogen) atoms. The van der Waals surface area contributed by atoms with E-state index in [4.69, 9.17) is 4.74 Å². The highest BCUT2D eigenvalue weighted by Crippen LogP contribution is 2.49. The van der Waals surface area contributed by atoms with Crippen LogP contribution in [0.1, 0.15) is 12.0 Å². The highest BCUT2D eigenvalue weighted by Gasteiger charge is 2.64. The third kappa shape index (κ3) is 2.89. The van der Waals surface area contributed by atoms with Crippen molar-refractivity contribution < 1.29 is 19.4 Å². The number of fused-ring (bicyclic) bond motifs is 2. The third-order valence-corrected chi connectivity index (χ3v) is 5.06. The molecule has 1 aromatic carbocycles. The first-order valence-electron chi connectivity index (χ1n) is 8.11. The van der Waals surface area contributed by atoms with Gasteiger partial charge in [-0.05, 0) is 12.0 Å². The maximum absolute atomic E-state index is 11.9. The number of nitrogens with zero attached hydrogens (tertiary/aromatic N) is 1. The number of carbonyl (C=O) groups is 2. The van der Waals surface area contributed by atoms with Crippen molar-refractivity contribution in [3.05, 3.63) is 48.6 Å². The summed E-state index contributed by atoms with van der Waals surface area (Å²) in [6, 6.07) is 10.1. The topological polar surface area (TPSA) is 78.9 Å². The number of carbonyl (C=O) groups excluding carboxylic acids is 1. The Labute approximate surface area is 141 Å². The van der Waals surface area contributed by atoms with E-state index in [9.17, 15) is 14.7 Å². The van der Waals surface area contributed by atoms with E-state index in [1.807, 2.05) is 18.2 Å². The van der Waals surface area contributed by atoms with Crippen molar-refractivity contribution >= 4 is 12.1 Å². The summed E-state index contributed by atoms with van der Waals surface area (Å²) in [5.41, 5.74) is 0.00362. The average Bonchev–Trinajstić information content (AvgIpc) is 2.58. The molecular formula is C18H22N2O4. The maximum atomic E-state index is 11.9. The Morgan fingerprint density at radius 3 is 2.58 bits per heavy atom. The molecule has 1 aliphatic carbocycles. The van der Waals surface area contributed by atoms with Crippen LogP contribution >= 0.6 is 0 Å². The summed E-state index contributed by atoms with van der Waals surface area (Å²) in [5.74, 6) is -1.18. The molecule has 1 saturated carbocycles. The van der Waals surface area contributed by atoms with Crippen LogP contribution < -0.4 is 5.32 Å². The van der Waals surface area contributed by atoms with Gasteiger partial charge in [0.05, 0.1) is 0 Å². The minimum absolute atomic E-state index is 0.0665. The van der Waals surface area contributed by atoms with E-state index in [2.05, 4.69) is 28.9 Å². The molecule has 2 unspecified atom stereocenters. The molecule has 2 bridgehead atoms. The lowest BCUT2D eigenvalue weighted by Crippen LogP contribution is -2.77. The van der Waals surface area contributed by atoms with Gasteiger partial charge < -0.3 is 15.2 Å². The number of carboxylic acids is 1. The molecule has 0 aromatic heterocycles. The first-order chi connectivity index (χ1) is 11.6. The molecule has 128 valence electrons. The summed E-state index contributed by atoms with van der Waals surface area (Å²) in [7, 11) is 0. The molecule has 0 spiro atoms. The van der Waals surface area contributed by atoms with E-state index < -0.39 is 17.6 Å². The summed E-state index contributed by atoms with van der Waals surface area (Å²) < 4.78 is 4.92. The zero-order valence-electron chi connectivity index (χ0n) is 13.5. The van der Waals surface area contributed by atoms with Gasteiger partial charge in [0.1, 0.15) is 12.1 Å². The van der Waals surface area contributed by atoms with Crippen LogP contribution in [0.2, 0.25) is 0 Å². The van der Waals surface area contributed by atoms with Crippen LogP contribution in [0.15, 0.2) is 43.0 Å². The Morgan fingerprint density at radius 2 is 2.00 bits per heavy atom. The second-order valence-corrected chi connectivity index (χ2v) is 6.50. The molecule has 3 aliphatic rings. The van der Waals surface area contributed by atoms with Gasteiger partial charge in [-0.25, -0.2) is 9.59 Å². The van der Waals surface area contributed by atoms with E-state index in [1.165, 1.54) is 11.6 Å². The van der Waals surface area contributed by atoms with E-state index in [0.29, 0.717) is 13.1 Å². The predicted octanol–water partition coefficient (Wildman–Crippen LogP) is 1.87. The molecule has 1 amide bonds. The second kappa shape index (κ2) is 6.65. The van der Waals surface area contributed by atoms with Crippen molar-refractivity contribution in [3.8, 4) is 0 Å². The molecule has 0 radical (unpaired) electrons. The third-order valence-electron chi connectivity index (χ3n) is 5.06. The van der Waals surface area contributed by atoms with Crippen LogP contribution in [-0.2, 0) is 16.1 Å². The number of hydrogen-bond acceptors (Lipinski definition) is 4. The molecule has 2 aliphatic heterocycles. The monoisotopic (exact) mass is 330 g/mol. The zero-order valence-corrected chi connectivity index (χ0v) is 13.5. The fourth-order valence-corrected chi connectivity index (χ4v) is 3.94. The highest BCUT2D eigenvalue weighted by molar-refractivity contribution is 5.86. The zero-order chi connectivity index (χ0) is 17.2. The van der Waals surface area contributed by atoms with E-state index in [0.717, 1.165) is 13.0 Å². The summed E-state index contributed by atoms with van der Waals surface area (Å²) in [4.78, 5) is 26.0. The largest absolute Gasteiger partial charge is 0.479 e. The molecule has 6 heteroatoms. The number of amides is 1. The fourth-order valence-electron chi connectivity index (χ4n) is 3.94. The molecule has 4 rings (SSSR count). The van der Waals surface area contributed by atoms with Crippen LogP contribution in [0, 0.1) is 11.8 Å². The Hall–Kier alpha value is -2.34. The normalized spacial score (nSPS) is 28.5. The molecule has 1 aromatic rings. The van der Waals surface area contributed by atoms with Crippen molar-refractivity contribution in [2.24, 2.45) is 11.8 Å². The molecule has 2 atom stereocenters. The first kappa shape index (κ1) is 16.5. The summed E-state index contributed by atoms with van der Waals surface area (Å²) in [6.45, 7) is 5.64. The molecule has 2 N–H and O–H groups in total. The Balaban J connectivity index is 1.66. The molecule has 2 saturated heterocycles. The predicted molar refractivity (Wildman–Crippen MR) is 88.4 cm³/mol. The quantitative estimate of drug-likeness (QED) is 0.779. The fraction of sp³-hybridized carbons (Fsp3) is 0.444. The van der Waals surface area contributed by atoms with Crippen LogP contribution in [0.3, 0.4) is 0 Å². The van der Waals surface area contributed by atoms with Crippen LogP contribution in [0.25, 0.3) is 0 Å². The van der Waals surface area contributed by atoms with Gasteiger partial charge in [0.15, 0.2) is 0 Å². The summed E-state index contributed by atoms with van der Waals surface area (Å²) in [6.07, 6.45) is 1.58. The molecule has 3 fully saturated rings. The number of carboxylic acid groups (broad SMARTS) is 1. The summed E-state index contributed by atoms with van der Waals surface area (Å²) in [5, 5.41) is 12.3. The molecule has 6 nitrogen and oxygen atoms in total. The first-order valence-corrected chi connectivity index (χ1v) is 8.11. The van der Waals surface area contributed by atoms with Crippen molar-refractivity contribution in [2.75, 3.05) is 19.7 Å². The number of alkyl carbamates (subject to hydrolysis) is 1. The number of nitrogens with one attached hydrogen (secondary N) is 1. The minimum Gasteiger partial charge on any atom is -0.479 e. The van der Waals surface area contributed by atoms with Gasteiger partial charge in [-0.3, -0.25) is 4.90 Å². The Kier molecular flexibility index (Phi) is 4.57. The van der Waals surface area contributed by atoms with Gasteiger partial charge in [0.25, 0.3) is 0 Å². The number of aliphatic carboxylic acids is 1. The molecule has 2 heterocycles. The average molecular weight is 330 g/mol. The van der Waals surface area contributed by atoms with Gasteiger partial charge in [0.2, 0.25) is 0 Å². The smallest absolute Gasteiger partial charge is 0.408 e.